The summed E-state index contributed by atoms with van der Waals surface area (Å²) in [6.45, 7) is 1.18. The van der Waals surface area contributed by atoms with Gasteiger partial charge in [-0.15, -0.1) is 0 Å². The molecule has 0 bridgehead atoms. The van der Waals surface area contributed by atoms with Crippen molar-refractivity contribution in [3.05, 3.63) is 65.7 Å². The van der Waals surface area contributed by atoms with Crippen molar-refractivity contribution < 1.29 is 14.3 Å². The van der Waals surface area contributed by atoms with Gasteiger partial charge in [-0.2, -0.15) is 0 Å². The summed E-state index contributed by atoms with van der Waals surface area (Å²) < 4.78 is 5.17. The second kappa shape index (κ2) is 10.6. The maximum atomic E-state index is 12.7. The van der Waals surface area contributed by atoms with Gasteiger partial charge in [-0.1, -0.05) is 42.5 Å². The molecule has 5 nitrogen and oxygen atoms in total. The summed E-state index contributed by atoms with van der Waals surface area (Å²) in [7, 11) is 1.66. The first-order valence-electron chi connectivity index (χ1n) is 10.4. The molecule has 1 N–H and O–H groups in total. The zero-order valence-electron chi connectivity index (χ0n) is 17.1. The third kappa shape index (κ3) is 6.08. The molecule has 0 saturated carbocycles. The first-order valence-corrected chi connectivity index (χ1v) is 10.4. The Bertz CT molecular complexity index is 790. The van der Waals surface area contributed by atoms with Gasteiger partial charge >= 0.3 is 0 Å². The minimum Gasteiger partial charge on any atom is -0.497 e. The van der Waals surface area contributed by atoms with Crippen LogP contribution in [0.1, 0.15) is 43.2 Å². The third-order valence-electron chi connectivity index (χ3n) is 5.45. The molecule has 154 valence electrons. The molecule has 3 rings (SSSR count). The molecule has 0 aromatic heterocycles. The average molecular weight is 395 g/mol. The van der Waals surface area contributed by atoms with E-state index < -0.39 is 0 Å². The van der Waals surface area contributed by atoms with Crippen LogP contribution in [-0.2, 0) is 22.6 Å². The van der Waals surface area contributed by atoms with Crippen LogP contribution in [0.3, 0.4) is 0 Å². The van der Waals surface area contributed by atoms with E-state index in [1.807, 2.05) is 42.5 Å². The number of carbonyl (C=O) groups is 2. The molecule has 1 heterocycles. The topological polar surface area (TPSA) is 58.6 Å². The zero-order valence-corrected chi connectivity index (χ0v) is 17.1. The average Bonchev–Trinajstić information content (AvgIpc) is 3.26. The quantitative estimate of drug-likeness (QED) is 0.660. The van der Waals surface area contributed by atoms with Crippen molar-refractivity contribution in [2.24, 2.45) is 0 Å². The molecular weight excluding hydrogens is 364 g/mol. The molecule has 29 heavy (non-hydrogen) atoms. The van der Waals surface area contributed by atoms with Crippen molar-refractivity contribution in [3.63, 3.8) is 0 Å². The standard InChI is InChI=1S/C24H30N2O3/c1-29-21-15-13-19(14-16-21)8-5-6-12-23(27)26-17-7-11-22(26)24(28)25-18-20-9-3-2-4-10-20/h2-4,9-10,13-16,22H,5-8,11-12,17-18H2,1H3,(H,25,28)/t22-/m0/s1. The number of rotatable bonds is 9. The van der Waals surface area contributed by atoms with Crippen LogP contribution in [0.25, 0.3) is 0 Å². The lowest BCUT2D eigenvalue weighted by molar-refractivity contribution is -0.138. The fourth-order valence-electron chi connectivity index (χ4n) is 3.78. The van der Waals surface area contributed by atoms with Gasteiger partial charge < -0.3 is 15.0 Å². The highest BCUT2D eigenvalue weighted by atomic mass is 16.5. The number of nitrogens with zero attached hydrogens (tertiary/aromatic N) is 1. The van der Waals surface area contributed by atoms with Crippen molar-refractivity contribution in [2.45, 2.75) is 51.1 Å². The Morgan fingerprint density at radius 1 is 1.03 bits per heavy atom. The van der Waals surface area contributed by atoms with Gasteiger partial charge in [0.25, 0.3) is 0 Å². The van der Waals surface area contributed by atoms with Gasteiger partial charge in [0.15, 0.2) is 0 Å². The molecule has 2 amide bonds. The molecule has 5 heteroatoms. The number of benzene rings is 2. The van der Waals surface area contributed by atoms with Crippen LogP contribution >= 0.6 is 0 Å². The van der Waals surface area contributed by atoms with E-state index in [9.17, 15) is 9.59 Å². The molecule has 1 atom stereocenters. The second-order valence-corrected chi connectivity index (χ2v) is 7.50. The van der Waals surface area contributed by atoms with Crippen LogP contribution in [0.4, 0.5) is 0 Å². The highest BCUT2D eigenvalue weighted by Crippen LogP contribution is 2.20. The SMILES string of the molecule is COc1ccc(CCCCC(=O)N2CCC[C@H]2C(=O)NCc2ccccc2)cc1. The van der Waals surface area contributed by atoms with Gasteiger partial charge in [0.2, 0.25) is 11.8 Å². The summed E-state index contributed by atoms with van der Waals surface area (Å²) in [6, 6.07) is 17.6. The Balaban J connectivity index is 1.41. The number of carbonyl (C=O) groups excluding carboxylic acids is 2. The molecule has 1 aliphatic rings. The number of hydrogen-bond acceptors (Lipinski definition) is 3. The molecule has 1 saturated heterocycles. The lowest BCUT2D eigenvalue weighted by Gasteiger charge is -2.24. The van der Waals surface area contributed by atoms with E-state index in [1.54, 1.807) is 12.0 Å². The number of methoxy groups -OCH3 is 1. The van der Waals surface area contributed by atoms with Gasteiger partial charge in [-0.25, -0.2) is 0 Å². The number of likely N-dealkylation sites (tertiary alicyclic amines) is 1. The second-order valence-electron chi connectivity index (χ2n) is 7.50. The molecule has 0 radical (unpaired) electrons. The smallest absolute Gasteiger partial charge is 0.243 e. The maximum absolute atomic E-state index is 12.7. The van der Waals surface area contributed by atoms with Crippen LogP contribution in [0.5, 0.6) is 5.75 Å². The molecule has 2 aromatic rings. The molecular formula is C24H30N2O3. The van der Waals surface area contributed by atoms with Crippen LogP contribution in [0.15, 0.2) is 54.6 Å². The number of amides is 2. The summed E-state index contributed by atoms with van der Waals surface area (Å²) in [5.41, 5.74) is 2.31. The van der Waals surface area contributed by atoms with Crippen molar-refractivity contribution in [2.75, 3.05) is 13.7 Å². The number of ether oxygens (including phenoxy) is 1. The first kappa shape index (κ1) is 20.9. The summed E-state index contributed by atoms with van der Waals surface area (Å²) in [4.78, 5) is 27.0. The van der Waals surface area contributed by atoms with Crippen molar-refractivity contribution in [1.29, 1.82) is 0 Å². The summed E-state index contributed by atoms with van der Waals surface area (Å²) in [5, 5.41) is 2.98. The number of hydrogen-bond donors (Lipinski definition) is 1. The predicted molar refractivity (Wildman–Crippen MR) is 114 cm³/mol. The molecule has 1 aliphatic heterocycles. The summed E-state index contributed by atoms with van der Waals surface area (Å²) in [5.74, 6) is 0.907. The van der Waals surface area contributed by atoms with Crippen LogP contribution in [0, 0.1) is 0 Å². The molecule has 2 aromatic carbocycles. The number of aryl methyl sites for hydroxylation is 1. The van der Waals surface area contributed by atoms with E-state index in [1.165, 1.54) is 5.56 Å². The van der Waals surface area contributed by atoms with Gasteiger partial charge in [0.1, 0.15) is 11.8 Å². The first-order chi connectivity index (χ1) is 14.2. The lowest BCUT2D eigenvalue weighted by Crippen LogP contribution is -2.45. The van der Waals surface area contributed by atoms with Crippen LogP contribution in [-0.4, -0.2) is 36.4 Å². The normalized spacial score (nSPS) is 15.9. The van der Waals surface area contributed by atoms with Gasteiger partial charge in [0, 0.05) is 19.5 Å². The zero-order chi connectivity index (χ0) is 20.5. The Hall–Kier alpha value is -2.82. The Morgan fingerprint density at radius 2 is 1.79 bits per heavy atom. The fourth-order valence-corrected chi connectivity index (χ4v) is 3.78. The van der Waals surface area contributed by atoms with E-state index in [0.29, 0.717) is 19.5 Å². The maximum Gasteiger partial charge on any atom is 0.243 e. The number of nitrogens with one attached hydrogen (secondary N) is 1. The Labute approximate surface area is 173 Å². The minimum absolute atomic E-state index is 0.0436. The Morgan fingerprint density at radius 3 is 2.52 bits per heavy atom. The van der Waals surface area contributed by atoms with Crippen molar-refractivity contribution >= 4 is 11.8 Å². The van der Waals surface area contributed by atoms with Gasteiger partial charge in [-0.3, -0.25) is 9.59 Å². The van der Waals surface area contributed by atoms with Crippen LogP contribution in [0.2, 0.25) is 0 Å². The largest absolute Gasteiger partial charge is 0.497 e. The van der Waals surface area contributed by atoms with Gasteiger partial charge in [0.05, 0.1) is 7.11 Å². The van der Waals surface area contributed by atoms with Crippen LogP contribution < -0.4 is 10.1 Å². The van der Waals surface area contributed by atoms with E-state index in [-0.39, 0.29) is 17.9 Å². The summed E-state index contributed by atoms with van der Waals surface area (Å²) in [6.07, 6.45) is 4.87. The van der Waals surface area contributed by atoms with E-state index in [0.717, 1.165) is 43.4 Å². The fraction of sp³-hybridized carbons (Fsp3) is 0.417. The van der Waals surface area contributed by atoms with E-state index in [4.69, 9.17) is 4.74 Å². The minimum atomic E-state index is -0.326. The Kier molecular flexibility index (Phi) is 7.68. The molecule has 0 unspecified atom stereocenters. The molecule has 0 spiro atoms. The molecule has 0 aliphatic carbocycles. The predicted octanol–water partition coefficient (Wildman–Crippen LogP) is 3.72. The highest BCUT2D eigenvalue weighted by molar-refractivity contribution is 5.88. The number of unbranched alkanes of at least 4 members (excludes halogenated alkanes) is 1. The lowest BCUT2D eigenvalue weighted by atomic mass is 10.1. The van der Waals surface area contributed by atoms with Crippen molar-refractivity contribution in [1.82, 2.24) is 10.2 Å². The highest BCUT2D eigenvalue weighted by Gasteiger charge is 2.33. The third-order valence-corrected chi connectivity index (χ3v) is 5.45. The summed E-state index contributed by atoms with van der Waals surface area (Å²) >= 11 is 0. The van der Waals surface area contributed by atoms with Gasteiger partial charge in [-0.05, 0) is 55.4 Å². The monoisotopic (exact) mass is 394 g/mol. The molecule has 1 fully saturated rings. The van der Waals surface area contributed by atoms with Crippen molar-refractivity contribution in [3.8, 4) is 5.75 Å². The van der Waals surface area contributed by atoms with E-state index >= 15 is 0 Å². The van der Waals surface area contributed by atoms with E-state index in [2.05, 4.69) is 17.4 Å².